The molecule has 2 fully saturated rings. The largest absolute Gasteiger partial charge is 0.487 e. The average Bonchev–Trinajstić information content (AvgIpc) is 2.97. The summed E-state index contributed by atoms with van der Waals surface area (Å²) in [6.45, 7) is 1.92. The van der Waals surface area contributed by atoms with E-state index in [9.17, 15) is 18.3 Å². The first-order valence-corrected chi connectivity index (χ1v) is 17.2. The van der Waals surface area contributed by atoms with E-state index in [0.29, 0.717) is 48.1 Å². The Balaban J connectivity index is 1.36. The molecule has 1 unspecified atom stereocenters. The SMILES string of the molecule is O=C1NS(=O)(=O)C2CCC[C@H](CC[C@H](O)[C@@H]3CC[C@H]3CN3CCCCc4cc(Cl)ccc4COc4ccc1cc43)C2. The first-order valence-electron chi connectivity index (χ1n) is 15.3. The molecule has 2 N–H and O–H groups in total. The minimum absolute atomic E-state index is 0.242. The standard InChI is InChI=1S/C32H41ClN2O5S/c33-26-11-8-25-20-40-31-14-10-23-18-29(31)35(15-2-1-5-22(25)17-26)19-24-9-12-28(24)30(36)13-7-21-4-3-6-27(16-21)41(38,39)34-32(23)37/h8,10-11,14,17-18,21,24,27-28,30,36H,1-7,9,12-13,15-16,19-20H2,(H,34,37)/t21-,24+,27?,28-,30+/m1/s1. The Bertz CT molecular complexity index is 1380. The topological polar surface area (TPSA) is 95.9 Å². The van der Waals surface area contributed by atoms with Crippen LogP contribution in [0.15, 0.2) is 36.4 Å². The maximum Gasteiger partial charge on any atom is 0.264 e. The average molecular weight is 601 g/mol. The molecular formula is C32H41ClN2O5S. The number of carbonyl (C=O) groups is 1. The van der Waals surface area contributed by atoms with Crippen LogP contribution in [-0.4, -0.2) is 43.9 Å². The van der Waals surface area contributed by atoms with Gasteiger partial charge in [0.1, 0.15) is 12.4 Å². The van der Waals surface area contributed by atoms with Crippen molar-refractivity contribution in [2.45, 2.75) is 88.6 Å². The van der Waals surface area contributed by atoms with Gasteiger partial charge < -0.3 is 14.7 Å². The summed E-state index contributed by atoms with van der Waals surface area (Å²) >= 11 is 6.31. The molecule has 6 rings (SSSR count). The zero-order valence-electron chi connectivity index (χ0n) is 23.6. The monoisotopic (exact) mass is 600 g/mol. The van der Waals surface area contributed by atoms with Crippen molar-refractivity contribution in [3.63, 3.8) is 0 Å². The lowest BCUT2D eigenvalue weighted by Crippen LogP contribution is -2.44. The number of benzene rings is 2. The fourth-order valence-corrected chi connectivity index (χ4v) is 9.11. The molecule has 2 aromatic carbocycles. The number of aliphatic hydroxyl groups is 1. The van der Waals surface area contributed by atoms with E-state index >= 15 is 0 Å². The zero-order valence-corrected chi connectivity index (χ0v) is 25.1. The van der Waals surface area contributed by atoms with Crippen molar-refractivity contribution in [2.24, 2.45) is 17.8 Å². The van der Waals surface area contributed by atoms with Crippen LogP contribution in [0.3, 0.4) is 0 Å². The van der Waals surface area contributed by atoms with Crippen LogP contribution < -0.4 is 14.4 Å². The molecule has 4 bridgehead atoms. The number of fused-ring (bicyclic) bond motifs is 5. The number of halogens is 1. The van der Waals surface area contributed by atoms with Crippen LogP contribution >= 0.6 is 11.6 Å². The summed E-state index contributed by atoms with van der Waals surface area (Å²) in [5.74, 6) is 0.943. The van der Waals surface area contributed by atoms with Crippen molar-refractivity contribution in [3.8, 4) is 5.75 Å². The number of ether oxygens (including phenoxy) is 1. The van der Waals surface area contributed by atoms with Crippen LogP contribution in [0.4, 0.5) is 5.69 Å². The molecule has 4 aliphatic rings. The van der Waals surface area contributed by atoms with Gasteiger partial charge in [0, 0.05) is 23.7 Å². The number of sulfonamides is 1. The molecule has 222 valence electrons. The van der Waals surface area contributed by atoms with E-state index in [1.165, 1.54) is 5.56 Å². The molecule has 0 aromatic heterocycles. The molecule has 0 saturated heterocycles. The molecule has 2 aliphatic heterocycles. The van der Waals surface area contributed by atoms with Crippen LogP contribution in [0, 0.1) is 17.8 Å². The summed E-state index contributed by atoms with van der Waals surface area (Å²) in [7, 11) is -3.82. The lowest BCUT2D eigenvalue weighted by molar-refractivity contribution is 0.00626. The van der Waals surface area contributed by atoms with Crippen LogP contribution in [-0.2, 0) is 23.1 Å². The maximum absolute atomic E-state index is 13.4. The van der Waals surface area contributed by atoms with Crippen molar-refractivity contribution in [3.05, 3.63) is 58.1 Å². The van der Waals surface area contributed by atoms with Gasteiger partial charge in [-0.15, -0.1) is 0 Å². The van der Waals surface area contributed by atoms with E-state index in [4.69, 9.17) is 16.3 Å². The lowest BCUT2D eigenvalue weighted by Gasteiger charge is -2.43. The van der Waals surface area contributed by atoms with Crippen LogP contribution in [0.2, 0.25) is 5.02 Å². The second-order valence-corrected chi connectivity index (χ2v) is 15.0. The normalized spacial score (nSPS) is 30.3. The highest BCUT2D eigenvalue weighted by Crippen LogP contribution is 2.42. The molecule has 41 heavy (non-hydrogen) atoms. The summed E-state index contributed by atoms with van der Waals surface area (Å²) in [6.07, 6.45) is 8.99. The van der Waals surface area contributed by atoms with Crippen LogP contribution in [0.5, 0.6) is 5.75 Å². The summed E-state index contributed by atoms with van der Waals surface area (Å²) in [5, 5.41) is 11.4. The first kappa shape index (κ1) is 28.8. The van der Waals surface area contributed by atoms with Gasteiger partial charge in [0.2, 0.25) is 10.0 Å². The zero-order chi connectivity index (χ0) is 28.6. The quantitative estimate of drug-likeness (QED) is 0.393. The Morgan fingerprint density at radius 2 is 1.83 bits per heavy atom. The Labute approximate surface area is 248 Å². The van der Waals surface area contributed by atoms with Gasteiger partial charge in [-0.1, -0.05) is 30.5 Å². The molecule has 2 aliphatic carbocycles. The predicted octanol–water partition coefficient (Wildman–Crippen LogP) is 5.86. The first-order chi connectivity index (χ1) is 19.8. The Morgan fingerprint density at radius 1 is 0.951 bits per heavy atom. The summed E-state index contributed by atoms with van der Waals surface area (Å²) in [5.41, 5.74) is 3.39. The molecule has 0 radical (unpaired) electrons. The van der Waals surface area contributed by atoms with Gasteiger partial charge in [0.15, 0.2) is 0 Å². The molecule has 0 spiro atoms. The van der Waals surface area contributed by atoms with E-state index < -0.39 is 21.2 Å². The predicted molar refractivity (Wildman–Crippen MR) is 161 cm³/mol. The van der Waals surface area contributed by atoms with Gasteiger partial charge in [-0.2, -0.15) is 0 Å². The van der Waals surface area contributed by atoms with Crippen molar-refractivity contribution in [2.75, 3.05) is 18.0 Å². The fourth-order valence-electron chi connectivity index (χ4n) is 7.37. The minimum Gasteiger partial charge on any atom is -0.487 e. The van der Waals surface area contributed by atoms with Crippen LogP contribution in [0.1, 0.15) is 85.7 Å². The van der Waals surface area contributed by atoms with Crippen molar-refractivity contribution < 1.29 is 23.1 Å². The second kappa shape index (κ2) is 12.1. The van der Waals surface area contributed by atoms with Gasteiger partial charge >= 0.3 is 0 Å². The van der Waals surface area contributed by atoms with E-state index in [0.717, 1.165) is 75.7 Å². The van der Waals surface area contributed by atoms with Crippen molar-refractivity contribution >= 4 is 33.2 Å². The third-order valence-corrected chi connectivity index (χ3v) is 12.0. The van der Waals surface area contributed by atoms with E-state index in [1.807, 2.05) is 18.2 Å². The van der Waals surface area contributed by atoms with Crippen LogP contribution in [0.25, 0.3) is 0 Å². The minimum atomic E-state index is -3.82. The number of hydrogen-bond acceptors (Lipinski definition) is 6. The number of rotatable bonds is 0. The number of nitrogens with one attached hydrogen (secondary N) is 1. The fraction of sp³-hybridized carbons (Fsp3) is 0.594. The highest BCUT2D eigenvalue weighted by Gasteiger charge is 2.39. The molecule has 7 nitrogen and oxygen atoms in total. The van der Waals surface area contributed by atoms with E-state index in [1.54, 1.807) is 18.2 Å². The molecule has 2 heterocycles. The summed E-state index contributed by atoms with van der Waals surface area (Å²) < 4.78 is 35.4. The van der Waals surface area contributed by atoms with E-state index in [2.05, 4.69) is 9.62 Å². The molecule has 5 atom stereocenters. The summed E-state index contributed by atoms with van der Waals surface area (Å²) in [6, 6.07) is 11.2. The molecular weight excluding hydrogens is 560 g/mol. The number of aryl methyl sites for hydroxylation is 1. The number of aliphatic hydroxyl groups excluding tert-OH is 1. The molecule has 2 saturated carbocycles. The molecule has 1 amide bonds. The maximum atomic E-state index is 13.4. The Hall–Kier alpha value is -2.29. The van der Waals surface area contributed by atoms with E-state index in [-0.39, 0.29) is 17.9 Å². The lowest BCUT2D eigenvalue weighted by atomic mass is 9.69. The van der Waals surface area contributed by atoms with Gasteiger partial charge in [-0.25, -0.2) is 13.1 Å². The number of hydrogen-bond donors (Lipinski definition) is 2. The summed E-state index contributed by atoms with van der Waals surface area (Å²) in [4.78, 5) is 15.7. The highest BCUT2D eigenvalue weighted by atomic mass is 35.5. The third-order valence-electron chi connectivity index (χ3n) is 9.94. The third kappa shape index (κ3) is 6.40. The smallest absolute Gasteiger partial charge is 0.264 e. The van der Waals surface area contributed by atoms with Gasteiger partial charge in [-0.05, 0) is 117 Å². The van der Waals surface area contributed by atoms with Crippen molar-refractivity contribution in [1.82, 2.24) is 4.72 Å². The second-order valence-electron chi connectivity index (χ2n) is 12.6. The Kier molecular flexibility index (Phi) is 8.53. The number of anilines is 1. The van der Waals surface area contributed by atoms with Gasteiger partial charge in [-0.3, -0.25) is 4.79 Å². The molecule has 9 heteroatoms. The number of carbonyl (C=O) groups excluding carboxylic acids is 1. The number of nitrogens with zero attached hydrogens (tertiary/aromatic N) is 1. The number of amides is 1. The van der Waals surface area contributed by atoms with Gasteiger partial charge in [0.05, 0.1) is 17.0 Å². The molecule has 2 aromatic rings. The van der Waals surface area contributed by atoms with Crippen molar-refractivity contribution in [1.29, 1.82) is 0 Å². The highest BCUT2D eigenvalue weighted by molar-refractivity contribution is 7.90. The Morgan fingerprint density at radius 3 is 2.66 bits per heavy atom. The van der Waals surface area contributed by atoms with Gasteiger partial charge in [0.25, 0.3) is 5.91 Å².